The van der Waals surface area contributed by atoms with Crippen LogP contribution in [0.25, 0.3) is 0 Å². The number of carbonyl (C=O) groups is 2. The van der Waals surface area contributed by atoms with Crippen molar-refractivity contribution in [2.45, 2.75) is 12.8 Å². The molecule has 0 saturated carbocycles. The number of nitrogens with zero attached hydrogens (tertiary/aromatic N) is 2. The molecule has 2 aromatic carbocycles. The third-order valence-corrected chi connectivity index (χ3v) is 4.26. The number of rotatable bonds is 4. The van der Waals surface area contributed by atoms with Crippen molar-refractivity contribution in [1.29, 1.82) is 5.26 Å². The zero-order valence-corrected chi connectivity index (χ0v) is 12.6. The normalized spacial score (nSPS) is 20.3. The lowest BCUT2D eigenvalue weighted by atomic mass is 9.81. The smallest absolute Gasteiger partial charge is 0.248 e. The summed E-state index contributed by atoms with van der Waals surface area (Å²) in [5.41, 5.74) is 0.0397. The Bertz CT molecular complexity index is 765. The molecule has 2 aromatic rings. The highest BCUT2D eigenvalue weighted by Crippen LogP contribution is 2.38. The maximum Gasteiger partial charge on any atom is 0.248 e. The van der Waals surface area contributed by atoms with Crippen LogP contribution in [0.2, 0.25) is 0 Å². The summed E-state index contributed by atoms with van der Waals surface area (Å²) in [5, 5.41) is 9.60. The fourth-order valence-corrected chi connectivity index (χ4v) is 2.93. The van der Waals surface area contributed by atoms with Gasteiger partial charge in [0.1, 0.15) is 5.41 Å². The number of hydrogen-bond acceptors (Lipinski definition) is 3. The first-order chi connectivity index (χ1) is 11.2. The zero-order valence-electron chi connectivity index (χ0n) is 12.6. The molecule has 0 aliphatic carbocycles. The van der Waals surface area contributed by atoms with Gasteiger partial charge in [-0.1, -0.05) is 48.5 Å². The highest BCUT2D eigenvalue weighted by molar-refractivity contribution is 6.06. The molecule has 0 spiro atoms. The fourth-order valence-electron chi connectivity index (χ4n) is 2.93. The van der Waals surface area contributed by atoms with Gasteiger partial charge in [-0.3, -0.25) is 9.59 Å². The molecular weight excluding hydrogens is 288 g/mol. The Hall–Kier alpha value is -2.93. The van der Waals surface area contributed by atoms with Gasteiger partial charge in [0.2, 0.25) is 5.91 Å². The van der Waals surface area contributed by atoms with Gasteiger partial charge in [-0.25, -0.2) is 0 Å². The Balaban J connectivity index is 1.84. The highest BCUT2D eigenvalue weighted by atomic mass is 16.2. The Morgan fingerprint density at radius 1 is 1.09 bits per heavy atom. The van der Waals surface area contributed by atoms with E-state index < -0.39 is 5.41 Å². The van der Waals surface area contributed by atoms with E-state index in [0.717, 1.165) is 5.69 Å². The molecule has 1 aliphatic heterocycles. The Morgan fingerprint density at radius 3 is 2.30 bits per heavy atom. The molecule has 1 atom stereocenters. The van der Waals surface area contributed by atoms with Crippen LogP contribution in [-0.4, -0.2) is 18.2 Å². The summed E-state index contributed by atoms with van der Waals surface area (Å²) < 4.78 is 0. The standard InChI is InChI=1S/C19H16N2O2/c20-14-19(13-17(22)15-7-3-1-4-8-15)11-12-21(18(19)23)16-9-5-2-6-10-16/h1-10H,11-13H2. The molecule has 1 unspecified atom stereocenters. The average Bonchev–Trinajstić information content (AvgIpc) is 2.93. The molecule has 114 valence electrons. The fraction of sp³-hybridized carbons (Fsp3) is 0.211. The molecule has 0 N–H and O–H groups in total. The summed E-state index contributed by atoms with van der Waals surface area (Å²) in [6.45, 7) is 0.457. The third kappa shape index (κ3) is 2.74. The van der Waals surface area contributed by atoms with Crippen LogP contribution in [0.1, 0.15) is 23.2 Å². The monoisotopic (exact) mass is 304 g/mol. The van der Waals surface area contributed by atoms with E-state index in [2.05, 4.69) is 6.07 Å². The molecule has 1 amide bonds. The van der Waals surface area contributed by atoms with Crippen molar-refractivity contribution in [3.05, 3.63) is 66.2 Å². The molecule has 0 aromatic heterocycles. The molecule has 1 heterocycles. The minimum atomic E-state index is -1.26. The SMILES string of the molecule is N#CC1(CC(=O)c2ccccc2)CCN(c2ccccc2)C1=O. The van der Waals surface area contributed by atoms with Gasteiger partial charge in [-0.2, -0.15) is 5.26 Å². The summed E-state index contributed by atoms with van der Waals surface area (Å²) in [4.78, 5) is 26.8. The van der Waals surface area contributed by atoms with Crippen molar-refractivity contribution < 1.29 is 9.59 Å². The summed E-state index contributed by atoms with van der Waals surface area (Å²) in [6, 6.07) is 20.2. The molecule has 1 saturated heterocycles. The van der Waals surface area contributed by atoms with E-state index in [1.807, 2.05) is 36.4 Å². The zero-order chi connectivity index (χ0) is 16.3. The van der Waals surface area contributed by atoms with Crippen LogP contribution in [0.3, 0.4) is 0 Å². The van der Waals surface area contributed by atoms with Crippen LogP contribution in [-0.2, 0) is 4.79 Å². The third-order valence-electron chi connectivity index (χ3n) is 4.26. The van der Waals surface area contributed by atoms with Gasteiger partial charge >= 0.3 is 0 Å². The second kappa shape index (κ2) is 6.05. The number of anilines is 1. The summed E-state index contributed by atoms with van der Waals surface area (Å²) in [5.74, 6) is -0.453. The molecule has 3 rings (SSSR count). The number of hydrogen-bond donors (Lipinski definition) is 0. The lowest BCUT2D eigenvalue weighted by molar-refractivity contribution is -0.123. The second-order valence-corrected chi connectivity index (χ2v) is 5.70. The molecule has 23 heavy (non-hydrogen) atoms. The maximum atomic E-state index is 12.8. The van der Waals surface area contributed by atoms with Gasteiger partial charge in [0, 0.05) is 24.2 Å². The van der Waals surface area contributed by atoms with Crippen LogP contribution in [0.5, 0.6) is 0 Å². The molecule has 0 bridgehead atoms. The van der Waals surface area contributed by atoms with Crippen LogP contribution < -0.4 is 4.90 Å². The van der Waals surface area contributed by atoms with Crippen molar-refractivity contribution in [3.8, 4) is 6.07 Å². The quantitative estimate of drug-likeness (QED) is 0.815. The van der Waals surface area contributed by atoms with Gasteiger partial charge in [-0.05, 0) is 18.6 Å². The summed E-state index contributed by atoms with van der Waals surface area (Å²) in [6.07, 6.45) is 0.297. The first-order valence-electron chi connectivity index (χ1n) is 7.53. The number of amides is 1. The minimum absolute atomic E-state index is 0.0737. The van der Waals surface area contributed by atoms with E-state index in [4.69, 9.17) is 0 Å². The van der Waals surface area contributed by atoms with Crippen molar-refractivity contribution in [3.63, 3.8) is 0 Å². The van der Waals surface area contributed by atoms with Crippen LogP contribution >= 0.6 is 0 Å². The molecule has 4 nitrogen and oxygen atoms in total. The highest BCUT2D eigenvalue weighted by Gasteiger charge is 2.49. The van der Waals surface area contributed by atoms with Gasteiger partial charge in [0.25, 0.3) is 0 Å². The predicted octanol–water partition coefficient (Wildman–Crippen LogP) is 3.21. The maximum absolute atomic E-state index is 12.8. The van der Waals surface area contributed by atoms with E-state index in [1.54, 1.807) is 29.2 Å². The van der Waals surface area contributed by atoms with Gasteiger partial charge < -0.3 is 4.90 Å². The molecule has 4 heteroatoms. The van der Waals surface area contributed by atoms with Gasteiger partial charge in [0.15, 0.2) is 5.78 Å². The van der Waals surface area contributed by atoms with Crippen molar-refractivity contribution in [2.24, 2.45) is 5.41 Å². The van der Waals surface area contributed by atoms with Crippen LogP contribution in [0.15, 0.2) is 60.7 Å². The van der Waals surface area contributed by atoms with Crippen molar-refractivity contribution >= 4 is 17.4 Å². The number of ketones is 1. The number of Topliss-reactive ketones (excluding diaryl/α,β-unsaturated/α-hetero) is 1. The first kappa shape index (κ1) is 15.0. The molecule has 0 radical (unpaired) electrons. The Kier molecular flexibility index (Phi) is 3.94. The lowest BCUT2D eigenvalue weighted by Crippen LogP contribution is -2.35. The number of benzene rings is 2. The van der Waals surface area contributed by atoms with Gasteiger partial charge in [0.05, 0.1) is 6.07 Å². The second-order valence-electron chi connectivity index (χ2n) is 5.70. The predicted molar refractivity (Wildman–Crippen MR) is 86.8 cm³/mol. The van der Waals surface area contributed by atoms with E-state index in [0.29, 0.717) is 18.5 Å². The van der Waals surface area contributed by atoms with Crippen molar-refractivity contribution in [2.75, 3.05) is 11.4 Å². The van der Waals surface area contributed by atoms with E-state index in [-0.39, 0.29) is 18.1 Å². The number of nitriles is 1. The molecule has 1 fully saturated rings. The largest absolute Gasteiger partial charge is 0.311 e. The molecular formula is C19H16N2O2. The lowest BCUT2D eigenvalue weighted by Gasteiger charge is -2.20. The van der Waals surface area contributed by atoms with Crippen LogP contribution in [0.4, 0.5) is 5.69 Å². The van der Waals surface area contributed by atoms with E-state index >= 15 is 0 Å². The van der Waals surface area contributed by atoms with Crippen LogP contribution in [0, 0.1) is 16.7 Å². The minimum Gasteiger partial charge on any atom is -0.311 e. The van der Waals surface area contributed by atoms with E-state index in [1.165, 1.54) is 0 Å². The average molecular weight is 304 g/mol. The topological polar surface area (TPSA) is 61.2 Å². The van der Waals surface area contributed by atoms with Crippen molar-refractivity contribution in [1.82, 2.24) is 0 Å². The first-order valence-corrected chi connectivity index (χ1v) is 7.53. The Labute approximate surface area is 135 Å². The number of carbonyl (C=O) groups excluding carboxylic acids is 2. The Morgan fingerprint density at radius 2 is 1.70 bits per heavy atom. The van der Waals surface area contributed by atoms with E-state index in [9.17, 15) is 14.9 Å². The number of para-hydroxylation sites is 1. The summed E-state index contributed by atoms with van der Waals surface area (Å²) in [7, 11) is 0. The summed E-state index contributed by atoms with van der Waals surface area (Å²) >= 11 is 0. The molecule has 1 aliphatic rings. The van der Waals surface area contributed by atoms with Gasteiger partial charge in [-0.15, -0.1) is 0 Å².